The summed E-state index contributed by atoms with van der Waals surface area (Å²) in [6.07, 6.45) is 29.7. The fourth-order valence-corrected chi connectivity index (χ4v) is 5.94. The third kappa shape index (κ3) is 11.7. The van der Waals surface area contributed by atoms with Crippen LogP contribution < -0.4 is 4.90 Å². The highest BCUT2D eigenvalue weighted by molar-refractivity contribution is 6.41. The predicted molar refractivity (Wildman–Crippen MR) is 191 cm³/mol. The lowest BCUT2D eigenvalue weighted by Crippen LogP contribution is -2.27. The number of ketones is 1. The maximum Gasteiger partial charge on any atom is 0.206 e. The van der Waals surface area contributed by atoms with Gasteiger partial charge in [-0.1, -0.05) is 117 Å². The Morgan fingerprint density at radius 1 is 0.711 bits per heavy atom. The number of nitrogens with zero attached hydrogens (tertiary/aromatic N) is 5. The van der Waals surface area contributed by atoms with Gasteiger partial charge in [-0.15, -0.1) is 0 Å². The maximum atomic E-state index is 13.2. The largest absolute Gasteiger partial charge is 0.506 e. The van der Waals surface area contributed by atoms with Gasteiger partial charge in [-0.05, 0) is 37.8 Å². The Hall–Kier alpha value is -3.09. The van der Waals surface area contributed by atoms with Crippen LogP contribution in [0.1, 0.15) is 149 Å². The van der Waals surface area contributed by atoms with Crippen molar-refractivity contribution in [2.45, 2.75) is 143 Å². The van der Waals surface area contributed by atoms with Gasteiger partial charge in [-0.3, -0.25) is 14.8 Å². The summed E-state index contributed by atoms with van der Waals surface area (Å²) in [7, 11) is 0. The number of carbonyl (C=O) groups is 1. The van der Waals surface area contributed by atoms with Crippen LogP contribution >= 0.6 is 0 Å². The smallest absolute Gasteiger partial charge is 0.206 e. The van der Waals surface area contributed by atoms with Crippen molar-refractivity contribution in [3.8, 4) is 0 Å². The minimum absolute atomic E-state index is 0.0765. The molecule has 2 aliphatic rings. The lowest BCUT2D eigenvalue weighted by molar-refractivity contribution is -0.111. The Morgan fingerprint density at radius 3 is 1.73 bits per heavy atom. The first kappa shape index (κ1) is 36.4. The second kappa shape index (κ2) is 20.8. The van der Waals surface area contributed by atoms with E-state index in [4.69, 9.17) is 4.99 Å². The molecule has 1 aliphatic heterocycles. The highest BCUT2D eigenvalue weighted by Gasteiger charge is 2.39. The van der Waals surface area contributed by atoms with Gasteiger partial charge in [0.15, 0.2) is 5.82 Å². The number of unbranched alkanes of at least 4 members (excludes halogenated alkanes) is 15. The van der Waals surface area contributed by atoms with E-state index in [-0.39, 0.29) is 28.5 Å². The fraction of sp³-hybridized carbons (Fsp3) is 0.658. The molecular formula is C38H59N5O2. The molecule has 2 heterocycles. The van der Waals surface area contributed by atoms with Crippen molar-refractivity contribution in [1.82, 2.24) is 9.97 Å². The van der Waals surface area contributed by atoms with E-state index in [1.807, 2.05) is 25.4 Å². The summed E-state index contributed by atoms with van der Waals surface area (Å²) in [5, 5.41) is 10.9. The molecule has 1 aromatic heterocycles. The average Bonchev–Trinajstić information content (AvgIpc) is 3.04. The number of hydrogen-bond acceptors (Lipinski definition) is 7. The van der Waals surface area contributed by atoms with E-state index in [2.05, 4.69) is 40.6 Å². The van der Waals surface area contributed by atoms with Crippen LogP contribution in [-0.4, -0.2) is 52.4 Å². The zero-order valence-corrected chi connectivity index (χ0v) is 28.8. The number of aromatic nitrogens is 2. The molecule has 1 N–H and O–H groups in total. The van der Waals surface area contributed by atoms with E-state index in [0.717, 1.165) is 55.9 Å². The molecule has 0 unspecified atom stereocenters. The maximum absolute atomic E-state index is 13.2. The number of anilines is 1. The molecule has 0 fully saturated rings. The van der Waals surface area contributed by atoms with Gasteiger partial charge < -0.3 is 10.0 Å². The molecule has 0 amide bonds. The third-order valence-electron chi connectivity index (χ3n) is 8.85. The Morgan fingerprint density at radius 2 is 1.22 bits per heavy atom. The van der Waals surface area contributed by atoms with Crippen molar-refractivity contribution in [3.05, 3.63) is 46.9 Å². The highest BCUT2D eigenvalue weighted by Crippen LogP contribution is 2.38. The molecule has 7 heteroatoms. The minimum atomic E-state index is -0.264. The zero-order chi connectivity index (χ0) is 32.3. The van der Waals surface area contributed by atoms with Crippen LogP contribution in [0.3, 0.4) is 0 Å². The van der Waals surface area contributed by atoms with E-state index in [1.165, 1.54) is 96.3 Å². The summed E-state index contributed by atoms with van der Waals surface area (Å²) >= 11 is 0. The van der Waals surface area contributed by atoms with Crippen LogP contribution in [0, 0.1) is 0 Å². The monoisotopic (exact) mass is 617 g/mol. The van der Waals surface area contributed by atoms with Crippen LogP contribution in [0.4, 0.5) is 5.69 Å². The number of dihydropyridines is 1. The summed E-state index contributed by atoms with van der Waals surface area (Å²) in [6, 6.07) is 0. The van der Waals surface area contributed by atoms with Crippen molar-refractivity contribution < 1.29 is 9.90 Å². The number of rotatable bonds is 23. The quantitative estimate of drug-likeness (QED) is 0.0975. The zero-order valence-electron chi connectivity index (χ0n) is 28.8. The number of aliphatic imine (C=N–C) groups is 2. The van der Waals surface area contributed by atoms with Gasteiger partial charge in [0.25, 0.3) is 0 Å². The molecule has 0 aromatic carbocycles. The van der Waals surface area contributed by atoms with Crippen molar-refractivity contribution >= 4 is 29.0 Å². The molecule has 0 spiro atoms. The Labute approximate surface area is 273 Å². The summed E-state index contributed by atoms with van der Waals surface area (Å²) < 4.78 is 0. The number of Topliss-reactive ketones (excluding diaryl/α,β-unsaturated/α-hetero) is 1. The number of aliphatic hydroxyl groups excluding tert-OH is 1. The number of allylic oxidation sites excluding steroid dienone is 4. The summed E-state index contributed by atoms with van der Waals surface area (Å²) in [6.45, 7) is 11.5. The molecule has 0 bridgehead atoms. The topological polar surface area (TPSA) is 91.0 Å². The molecular weight excluding hydrogens is 558 g/mol. The molecule has 7 nitrogen and oxygen atoms in total. The van der Waals surface area contributed by atoms with Gasteiger partial charge in [0.05, 0.1) is 41.3 Å². The molecule has 3 rings (SSSR count). The van der Waals surface area contributed by atoms with Crippen LogP contribution in [-0.2, 0) is 4.79 Å². The lowest BCUT2D eigenvalue weighted by Gasteiger charge is -2.25. The van der Waals surface area contributed by atoms with Gasteiger partial charge in [0.2, 0.25) is 5.78 Å². The SMILES string of the molecule is CCCCCCCCN=C1C=N/C(=C2\C(=O)C(c3ncc(N(CCCCCCCC)CCCCCCCC)cn3)=C2O)C=C1C. The normalized spacial score (nSPS) is 17.3. The number of aliphatic hydroxyl groups is 1. The molecule has 45 heavy (non-hydrogen) atoms. The van der Waals surface area contributed by atoms with Crippen LogP contribution in [0.15, 0.2) is 51.1 Å². The summed E-state index contributed by atoms with van der Waals surface area (Å²) in [5.41, 5.74) is 3.65. The average molecular weight is 618 g/mol. The summed E-state index contributed by atoms with van der Waals surface area (Å²) in [4.78, 5) is 33.9. The Bertz CT molecular complexity index is 1190. The van der Waals surface area contributed by atoms with Crippen LogP contribution in [0.2, 0.25) is 0 Å². The second-order valence-electron chi connectivity index (χ2n) is 12.7. The first-order valence-corrected chi connectivity index (χ1v) is 18.1. The molecule has 0 radical (unpaired) electrons. The van der Waals surface area contributed by atoms with Crippen LogP contribution in [0.5, 0.6) is 0 Å². The van der Waals surface area contributed by atoms with Crippen molar-refractivity contribution in [2.24, 2.45) is 9.98 Å². The van der Waals surface area contributed by atoms with Crippen molar-refractivity contribution in [3.63, 3.8) is 0 Å². The fourth-order valence-electron chi connectivity index (χ4n) is 5.94. The third-order valence-corrected chi connectivity index (χ3v) is 8.85. The van der Waals surface area contributed by atoms with Crippen LogP contribution in [0.25, 0.3) is 5.57 Å². The molecule has 0 saturated heterocycles. The second-order valence-corrected chi connectivity index (χ2v) is 12.7. The van der Waals surface area contributed by atoms with Gasteiger partial charge in [-0.25, -0.2) is 9.97 Å². The van der Waals surface area contributed by atoms with Gasteiger partial charge >= 0.3 is 0 Å². The van der Waals surface area contributed by atoms with Gasteiger partial charge in [0.1, 0.15) is 11.3 Å². The number of carbonyl (C=O) groups excluding carboxylic acids is 1. The van der Waals surface area contributed by atoms with Crippen molar-refractivity contribution in [2.75, 3.05) is 24.5 Å². The predicted octanol–water partition coefficient (Wildman–Crippen LogP) is 9.94. The number of hydrogen-bond donors (Lipinski definition) is 1. The first-order valence-electron chi connectivity index (χ1n) is 18.1. The summed E-state index contributed by atoms with van der Waals surface area (Å²) in [5.74, 6) is -0.0706. The van der Waals surface area contributed by atoms with Gasteiger partial charge in [-0.2, -0.15) is 0 Å². The minimum Gasteiger partial charge on any atom is -0.506 e. The van der Waals surface area contributed by atoms with Crippen molar-refractivity contribution in [1.29, 1.82) is 0 Å². The van der Waals surface area contributed by atoms with E-state index in [0.29, 0.717) is 5.70 Å². The van der Waals surface area contributed by atoms with Gasteiger partial charge in [0, 0.05) is 19.6 Å². The molecule has 0 saturated carbocycles. The highest BCUT2D eigenvalue weighted by atomic mass is 16.3. The first-order chi connectivity index (χ1) is 22.0. The Balaban J connectivity index is 1.62. The van der Waals surface area contributed by atoms with E-state index in [1.54, 1.807) is 6.21 Å². The molecule has 0 atom stereocenters. The van der Waals surface area contributed by atoms with E-state index in [9.17, 15) is 9.90 Å². The molecule has 248 valence electrons. The van der Waals surface area contributed by atoms with E-state index < -0.39 is 0 Å². The Kier molecular flexibility index (Phi) is 16.9. The molecule has 1 aromatic rings. The lowest BCUT2D eigenvalue weighted by atomic mass is 9.85. The molecule has 1 aliphatic carbocycles. The standard InChI is InChI=1S/C38H59N5O2/c1-5-8-11-14-17-20-23-39-33-29-40-32(26-30(33)4)34-36(44)35(37(34)45)38-41-27-31(28-42-38)43(24-21-18-15-12-9-6-2)25-22-19-16-13-10-7-3/h26-29,44H,5-25H2,1-4H3/b34-32-,39-33?. The van der Waals surface area contributed by atoms with E-state index >= 15 is 0 Å².